The number of hydrogen-bond acceptors (Lipinski definition) is 3. The lowest BCUT2D eigenvalue weighted by Gasteiger charge is -2.21. The highest BCUT2D eigenvalue weighted by molar-refractivity contribution is 5.43. The molecule has 0 fully saturated rings. The maximum Gasteiger partial charge on any atom is 0.160 e. The molecule has 2 atom stereocenters. The van der Waals surface area contributed by atoms with Gasteiger partial charge in [-0.3, -0.25) is 0 Å². The minimum absolute atomic E-state index is 0.560. The first-order chi connectivity index (χ1) is 12.5. The molecule has 0 spiro atoms. The Labute approximate surface area is 158 Å². The summed E-state index contributed by atoms with van der Waals surface area (Å²) in [6.45, 7) is 6.80. The van der Waals surface area contributed by atoms with Crippen molar-refractivity contribution in [3.05, 3.63) is 53.1 Å². The van der Waals surface area contributed by atoms with E-state index in [2.05, 4.69) is 51.1 Å². The first-order valence-electron chi connectivity index (χ1n) is 9.39. The second-order valence-electron chi connectivity index (χ2n) is 7.05. The topological polar surface area (TPSA) is 27.7 Å². The van der Waals surface area contributed by atoms with E-state index in [1.165, 1.54) is 16.7 Å². The molecule has 3 nitrogen and oxygen atoms in total. The molecule has 3 heteroatoms. The van der Waals surface area contributed by atoms with Gasteiger partial charge in [0.2, 0.25) is 0 Å². The number of methoxy groups -OCH3 is 3. The van der Waals surface area contributed by atoms with Gasteiger partial charge >= 0.3 is 0 Å². The molecular formula is C23H32O3. The van der Waals surface area contributed by atoms with Gasteiger partial charge in [-0.1, -0.05) is 39.0 Å². The highest BCUT2D eigenvalue weighted by Crippen LogP contribution is 2.30. The van der Waals surface area contributed by atoms with Gasteiger partial charge in [-0.2, -0.15) is 0 Å². The Morgan fingerprint density at radius 1 is 0.692 bits per heavy atom. The fourth-order valence-corrected chi connectivity index (χ4v) is 3.36. The number of hydrogen-bond donors (Lipinski definition) is 0. The number of rotatable bonds is 9. The molecule has 0 aliphatic heterocycles. The van der Waals surface area contributed by atoms with E-state index >= 15 is 0 Å². The Kier molecular flexibility index (Phi) is 7.38. The van der Waals surface area contributed by atoms with Crippen LogP contribution >= 0.6 is 0 Å². The van der Waals surface area contributed by atoms with Crippen LogP contribution in [0, 0.1) is 11.8 Å². The van der Waals surface area contributed by atoms with Gasteiger partial charge in [0.1, 0.15) is 5.75 Å². The van der Waals surface area contributed by atoms with Crippen LogP contribution in [0.1, 0.15) is 37.5 Å². The SMILES string of the molecule is CCc1ccc(C[C@H](C)[C@H](C)Cc2ccc(OC)c(OC)c2)cc1OC. The van der Waals surface area contributed by atoms with Crippen molar-refractivity contribution < 1.29 is 14.2 Å². The fraction of sp³-hybridized carbons (Fsp3) is 0.478. The lowest BCUT2D eigenvalue weighted by Crippen LogP contribution is -2.14. The monoisotopic (exact) mass is 356 g/mol. The molecule has 26 heavy (non-hydrogen) atoms. The maximum atomic E-state index is 5.54. The average Bonchev–Trinajstić information content (AvgIpc) is 2.67. The Hall–Kier alpha value is -2.16. The lowest BCUT2D eigenvalue weighted by molar-refractivity contribution is 0.352. The van der Waals surface area contributed by atoms with Crippen LogP contribution in [0.25, 0.3) is 0 Å². The van der Waals surface area contributed by atoms with Gasteiger partial charge in [0.05, 0.1) is 21.3 Å². The highest BCUT2D eigenvalue weighted by atomic mass is 16.5. The zero-order valence-electron chi connectivity index (χ0n) is 17.0. The number of ether oxygens (including phenoxy) is 3. The predicted molar refractivity (Wildman–Crippen MR) is 108 cm³/mol. The smallest absolute Gasteiger partial charge is 0.160 e. The summed E-state index contributed by atoms with van der Waals surface area (Å²) in [6, 6.07) is 12.8. The molecule has 0 aliphatic rings. The summed E-state index contributed by atoms with van der Waals surface area (Å²) < 4.78 is 16.3. The zero-order chi connectivity index (χ0) is 19.1. The molecule has 0 aromatic heterocycles. The zero-order valence-corrected chi connectivity index (χ0v) is 17.0. The van der Waals surface area contributed by atoms with Crippen LogP contribution in [-0.4, -0.2) is 21.3 Å². The van der Waals surface area contributed by atoms with Crippen molar-refractivity contribution in [3.63, 3.8) is 0 Å². The van der Waals surface area contributed by atoms with E-state index in [9.17, 15) is 0 Å². The van der Waals surface area contributed by atoms with Crippen LogP contribution in [0.4, 0.5) is 0 Å². The molecular weight excluding hydrogens is 324 g/mol. The first kappa shape index (κ1) is 20.2. The van der Waals surface area contributed by atoms with Crippen molar-refractivity contribution in [1.82, 2.24) is 0 Å². The molecule has 142 valence electrons. The van der Waals surface area contributed by atoms with E-state index in [1.807, 2.05) is 6.07 Å². The summed E-state index contributed by atoms with van der Waals surface area (Å²) in [7, 11) is 5.10. The van der Waals surface area contributed by atoms with Crippen LogP contribution in [0.3, 0.4) is 0 Å². The van der Waals surface area contributed by atoms with Gasteiger partial charge in [0, 0.05) is 0 Å². The van der Waals surface area contributed by atoms with Crippen molar-refractivity contribution in [1.29, 1.82) is 0 Å². The van der Waals surface area contributed by atoms with E-state index in [4.69, 9.17) is 14.2 Å². The molecule has 0 amide bonds. The van der Waals surface area contributed by atoms with Crippen LogP contribution in [-0.2, 0) is 19.3 Å². The second-order valence-corrected chi connectivity index (χ2v) is 7.05. The lowest BCUT2D eigenvalue weighted by atomic mass is 9.85. The molecule has 2 rings (SSSR count). The van der Waals surface area contributed by atoms with Crippen molar-refractivity contribution >= 4 is 0 Å². The molecule has 0 saturated carbocycles. The average molecular weight is 357 g/mol. The largest absolute Gasteiger partial charge is 0.496 e. The molecule has 0 N–H and O–H groups in total. The van der Waals surface area contributed by atoms with Crippen LogP contribution in [0.15, 0.2) is 36.4 Å². The minimum Gasteiger partial charge on any atom is -0.496 e. The van der Waals surface area contributed by atoms with Crippen LogP contribution < -0.4 is 14.2 Å². The van der Waals surface area contributed by atoms with Crippen molar-refractivity contribution in [3.8, 4) is 17.2 Å². The molecule has 0 radical (unpaired) electrons. The third kappa shape index (κ3) is 4.94. The normalized spacial score (nSPS) is 13.2. The number of aryl methyl sites for hydroxylation is 1. The summed E-state index contributed by atoms with van der Waals surface area (Å²) in [5.74, 6) is 3.71. The Bertz CT molecular complexity index is 647. The molecule has 2 aromatic carbocycles. The summed E-state index contributed by atoms with van der Waals surface area (Å²) in [6.07, 6.45) is 3.06. The third-order valence-electron chi connectivity index (χ3n) is 5.27. The fourth-order valence-electron chi connectivity index (χ4n) is 3.36. The van der Waals surface area contributed by atoms with Gasteiger partial charge in [-0.05, 0) is 66.0 Å². The molecule has 0 heterocycles. The van der Waals surface area contributed by atoms with E-state index in [0.717, 1.165) is 36.5 Å². The van der Waals surface area contributed by atoms with E-state index in [-0.39, 0.29) is 0 Å². The Morgan fingerprint density at radius 2 is 1.19 bits per heavy atom. The van der Waals surface area contributed by atoms with Gasteiger partial charge in [-0.25, -0.2) is 0 Å². The van der Waals surface area contributed by atoms with Crippen molar-refractivity contribution in [2.45, 2.75) is 40.0 Å². The van der Waals surface area contributed by atoms with Gasteiger partial charge in [0.15, 0.2) is 11.5 Å². The molecule has 0 bridgehead atoms. The van der Waals surface area contributed by atoms with Gasteiger partial charge in [-0.15, -0.1) is 0 Å². The molecule has 0 unspecified atom stereocenters. The molecule has 0 aliphatic carbocycles. The van der Waals surface area contributed by atoms with Crippen LogP contribution in [0.2, 0.25) is 0 Å². The maximum absolute atomic E-state index is 5.54. The molecule has 2 aromatic rings. The Morgan fingerprint density at radius 3 is 1.69 bits per heavy atom. The summed E-state index contributed by atoms with van der Waals surface area (Å²) in [4.78, 5) is 0. The summed E-state index contributed by atoms with van der Waals surface area (Å²) in [5.41, 5.74) is 3.88. The standard InChI is InChI=1S/C23H32O3/c1-7-20-10-8-18(14-22(20)25-5)12-16(2)17(3)13-19-9-11-21(24-4)23(15-19)26-6/h8-11,14-17H,7,12-13H2,1-6H3/t16-,17+/m0/s1. The summed E-state index contributed by atoms with van der Waals surface area (Å²) in [5, 5.41) is 0. The minimum atomic E-state index is 0.560. The van der Waals surface area contributed by atoms with Crippen LogP contribution in [0.5, 0.6) is 17.2 Å². The van der Waals surface area contributed by atoms with E-state index in [1.54, 1.807) is 21.3 Å². The molecule has 0 saturated heterocycles. The summed E-state index contributed by atoms with van der Waals surface area (Å²) >= 11 is 0. The first-order valence-corrected chi connectivity index (χ1v) is 9.39. The van der Waals surface area contributed by atoms with E-state index in [0.29, 0.717) is 11.8 Å². The van der Waals surface area contributed by atoms with Gasteiger partial charge in [0.25, 0.3) is 0 Å². The quantitative estimate of drug-likeness (QED) is 0.607. The number of benzene rings is 2. The second kappa shape index (κ2) is 9.51. The third-order valence-corrected chi connectivity index (χ3v) is 5.27. The van der Waals surface area contributed by atoms with Gasteiger partial charge < -0.3 is 14.2 Å². The highest BCUT2D eigenvalue weighted by Gasteiger charge is 2.16. The van der Waals surface area contributed by atoms with Crippen molar-refractivity contribution in [2.75, 3.05) is 21.3 Å². The van der Waals surface area contributed by atoms with Crippen molar-refractivity contribution in [2.24, 2.45) is 11.8 Å². The van der Waals surface area contributed by atoms with E-state index < -0.39 is 0 Å². The predicted octanol–water partition coefficient (Wildman–Crippen LogP) is 5.33. The Balaban J connectivity index is 2.04.